The molecule has 0 saturated carbocycles. The van der Waals surface area contributed by atoms with Crippen molar-refractivity contribution in [1.29, 1.82) is 0 Å². The summed E-state index contributed by atoms with van der Waals surface area (Å²) in [5.74, 6) is -3.21. The van der Waals surface area contributed by atoms with Gasteiger partial charge in [0.25, 0.3) is 0 Å². The molecule has 0 amide bonds. The van der Waals surface area contributed by atoms with Crippen LogP contribution in [0, 0.1) is 35.4 Å². The summed E-state index contributed by atoms with van der Waals surface area (Å²) < 4.78 is 61.9. The van der Waals surface area contributed by atoms with Crippen molar-refractivity contribution in [3.05, 3.63) is 266 Å². The molecule has 10 heteroatoms. The van der Waals surface area contributed by atoms with Crippen molar-refractivity contribution in [2.24, 2.45) is 0 Å². The van der Waals surface area contributed by atoms with E-state index in [9.17, 15) is 8.78 Å². The summed E-state index contributed by atoms with van der Waals surface area (Å²) in [6, 6.07) is 76.3. The predicted octanol–water partition coefficient (Wildman–Crippen LogP) is 12.3. The van der Waals surface area contributed by atoms with Crippen LogP contribution in [0.2, 0.25) is 0 Å². The molecule has 0 atom stereocenters. The van der Waals surface area contributed by atoms with E-state index in [-0.39, 0.29) is 43.6 Å². The number of aromatic nitrogens is 2. The molecule has 0 unspecified atom stereocenters. The van der Waals surface area contributed by atoms with Gasteiger partial charge in [0.1, 0.15) is 0 Å². The second kappa shape index (κ2) is 20.0. The van der Waals surface area contributed by atoms with Crippen molar-refractivity contribution >= 4 is 63.2 Å². The maximum Gasteiger partial charge on any atom is 2.00 e. The normalized spacial score (nSPS) is 11.1. The number of anilines is 6. The van der Waals surface area contributed by atoms with Crippen LogP contribution in [0.4, 0.5) is 51.7 Å². The largest absolute Gasteiger partial charge is 2.00 e. The van der Waals surface area contributed by atoms with E-state index in [0.717, 1.165) is 57.4 Å². The van der Waals surface area contributed by atoms with Gasteiger partial charge in [0, 0.05) is 68.0 Å². The smallest absolute Gasteiger partial charge is 0.311 e. The second-order valence-corrected chi connectivity index (χ2v) is 19.4. The number of hydrogen-bond acceptors (Lipinski definition) is 4. The molecule has 0 radical (unpaired) electrons. The van der Waals surface area contributed by atoms with Crippen molar-refractivity contribution < 1.29 is 38.6 Å². The molecule has 0 aliphatic rings. The molecule has 0 bridgehead atoms. The van der Waals surface area contributed by atoms with E-state index >= 15 is 8.78 Å². The van der Waals surface area contributed by atoms with Crippen molar-refractivity contribution in [2.75, 3.05) is 9.80 Å². The minimum absolute atomic E-state index is 0. The van der Waals surface area contributed by atoms with Crippen molar-refractivity contribution in [2.45, 2.75) is 0 Å². The van der Waals surface area contributed by atoms with Gasteiger partial charge in [0.15, 0.2) is 0 Å². The minimum Gasteiger partial charge on any atom is -0.311 e. The number of pyridine rings is 2. The predicted molar refractivity (Wildman–Crippen MR) is 263 cm³/mol. The number of hydrogen-bond donors (Lipinski definition) is 0. The van der Waals surface area contributed by atoms with Crippen LogP contribution in [0.1, 0.15) is 0 Å². The van der Waals surface area contributed by atoms with Crippen LogP contribution in [-0.2, 0) is 21.1 Å². The van der Waals surface area contributed by atoms with Gasteiger partial charge in [-0.15, -0.1) is 24.3 Å². The quantitative estimate of drug-likeness (QED) is 0.0693. The van der Waals surface area contributed by atoms with Gasteiger partial charge in [-0.3, -0.25) is 17.6 Å². The van der Waals surface area contributed by atoms with Crippen molar-refractivity contribution in [1.82, 2.24) is 9.97 Å². The first kappa shape index (κ1) is 45.4. The fourth-order valence-electron chi connectivity index (χ4n) is 8.68. The van der Waals surface area contributed by atoms with Crippen LogP contribution in [-0.4, -0.2) is 18.0 Å². The van der Waals surface area contributed by atoms with Gasteiger partial charge in [-0.25, -0.2) is 0 Å². The maximum absolute atomic E-state index is 16.3. The number of nitrogens with zero attached hydrogens (tertiary/aromatic N) is 4. The zero-order chi connectivity index (χ0) is 45.7. The van der Waals surface area contributed by atoms with Gasteiger partial charge in [0.2, 0.25) is 8.07 Å². The summed E-state index contributed by atoms with van der Waals surface area (Å²) in [7, 11) is -3.94. The van der Waals surface area contributed by atoms with E-state index in [1.54, 1.807) is 12.1 Å². The Hall–Kier alpha value is -7.71. The molecule has 0 saturated heterocycles. The molecule has 332 valence electrons. The Balaban J connectivity index is 0.00000578. The molecular formula is C58H38F4N4PtSi. The van der Waals surface area contributed by atoms with Gasteiger partial charge < -0.3 is 19.8 Å². The van der Waals surface area contributed by atoms with E-state index in [2.05, 4.69) is 21.9 Å². The third-order valence-corrected chi connectivity index (χ3v) is 16.1. The molecule has 10 aromatic rings. The zero-order valence-corrected chi connectivity index (χ0v) is 39.3. The average molecular weight is 1090 g/mol. The zero-order valence-electron chi connectivity index (χ0n) is 36.1. The van der Waals surface area contributed by atoms with Gasteiger partial charge in [-0.05, 0) is 82.4 Å². The Morgan fingerprint density at radius 2 is 0.647 bits per heavy atom. The van der Waals surface area contributed by atoms with Crippen molar-refractivity contribution in [3.63, 3.8) is 0 Å². The van der Waals surface area contributed by atoms with Gasteiger partial charge in [-0.2, -0.15) is 0 Å². The maximum atomic E-state index is 16.3. The van der Waals surface area contributed by atoms with Crippen LogP contribution in [0.3, 0.4) is 0 Å². The molecule has 10 rings (SSSR count). The van der Waals surface area contributed by atoms with Crippen molar-refractivity contribution in [3.8, 4) is 22.5 Å². The van der Waals surface area contributed by atoms with E-state index < -0.39 is 31.3 Å². The number of halogens is 4. The van der Waals surface area contributed by atoms with Crippen LogP contribution < -0.4 is 30.8 Å². The SMILES string of the molecule is Fc1c[c-]c(-c2cc(N(c3ccccc3)c3ccccc3)cc([Si](c3ccccc3)(c3ccccc3)c3cc(N(c4ccccc4)c4ccccc4)cc(-c4[c-]cc(F)cc4F)n3)n2)c(F)c1.[Pt+2]. The second-order valence-electron chi connectivity index (χ2n) is 15.8. The number of para-hydroxylation sites is 4. The van der Waals surface area contributed by atoms with Gasteiger partial charge in [0.05, 0.1) is 0 Å². The first-order chi connectivity index (χ1) is 32.9. The summed E-state index contributed by atoms with van der Waals surface area (Å²) >= 11 is 0. The summed E-state index contributed by atoms with van der Waals surface area (Å²) in [4.78, 5) is 15.0. The molecule has 2 heterocycles. The summed E-state index contributed by atoms with van der Waals surface area (Å²) in [6.07, 6.45) is 0. The topological polar surface area (TPSA) is 32.3 Å². The summed E-state index contributed by atoms with van der Waals surface area (Å²) in [5.41, 5.74) is 4.88. The van der Waals surface area contributed by atoms with E-state index in [1.165, 1.54) is 0 Å². The summed E-state index contributed by atoms with van der Waals surface area (Å²) in [5, 5.41) is 2.79. The third-order valence-electron chi connectivity index (χ3n) is 11.6. The first-order valence-corrected chi connectivity index (χ1v) is 23.6. The van der Waals surface area contributed by atoms with Crippen LogP contribution in [0.25, 0.3) is 22.5 Å². The molecule has 0 fully saturated rings. The molecule has 8 aromatic carbocycles. The van der Waals surface area contributed by atoms with E-state index in [0.29, 0.717) is 22.0 Å². The molecule has 0 spiro atoms. The Bertz CT molecular complexity index is 3000. The fraction of sp³-hybridized carbons (Fsp3) is 0. The molecule has 4 nitrogen and oxygen atoms in total. The molecule has 0 aliphatic heterocycles. The molecule has 0 N–H and O–H groups in total. The minimum atomic E-state index is -3.94. The standard InChI is InChI=1S/C58H38F4N4Si.Pt/c59-41-31-33-51(53(61)35-41)55-37-47(65(43-19-7-1-8-20-43)44-21-9-2-10-22-44)39-57(63-55)67(49-27-15-5-16-28-49,50-29-17-6-18-30-50)58-40-48(38-56(64-58)52-34-32-42(60)36-54(52)62)66(45-23-11-3-12-24-45)46-25-13-4-14-26-46;/h1-32,35-40H;/q-2;+2. The van der Waals surface area contributed by atoms with E-state index in [4.69, 9.17) is 9.97 Å². The number of rotatable bonds is 12. The Labute approximate surface area is 407 Å². The first-order valence-electron chi connectivity index (χ1n) is 21.6. The summed E-state index contributed by atoms with van der Waals surface area (Å²) in [6.45, 7) is 0. The third kappa shape index (κ3) is 8.94. The molecule has 68 heavy (non-hydrogen) atoms. The van der Waals surface area contributed by atoms with Gasteiger partial charge >= 0.3 is 21.1 Å². The molecule has 0 aliphatic carbocycles. The van der Waals surface area contributed by atoms with Crippen LogP contribution in [0.5, 0.6) is 0 Å². The van der Waals surface area contributed by atoms with Gasteiger partial charge in [-0.1, -0.05) is 169 Å². The van der Waals surface area contributed by atoms with E-state index in [1.807, 2.05) is 194 Å². The Kier molecular flexibility index (Phi) is 13.4. The Morgan fingerprint density at radius 1 is 0.353 bits per heavy atom. The Morgan fingerprint density at radius 3 is 0.941 bits per heavy atom. The monoisotopic (exact) mass is 1090 g/mol. The molecule has 2 aromatic heterocycles. The van der Waals surface area contributed by atoms with Crippen LogP contribution >= 0.6 is 0 Å². The number of benzene rings is 8. The average Bonchev–Trinajstić information content (AvgIpc) is 3.36. The van der Waals surface area contributed by atoms with Crippen LogP contribution in [0.15, 0.2) is 231 Å². The molecular weight excluding hydrogens is 1050 g/mol. The fourth-order valence-corrected chi connectivity index (χ4v) is 13.2.